The highest BCUT2D eigenvalue weighted by molar-refractivity contribution is 6.27. The molecule has 2 heteroatoms. The van der Waals surface area contributed by atoms with Crippen LogP contribution in [0.25, 0.3) is 76.8 Å². The minimum absolute atomic E-state index is 0.882. The van der Waals surface area contributed by atoms with Gasteiger partial charge in [0.25, 0.3) is 0 Å². The molecule has 1 aliphatic carbocycles. The zero-order valence-electron chi connectivity index (χ0n) is 22.4. The molecule has 0 aromatic heterocycles. The summed E-state index contributed by atoms with van der Waals surface area (Å²) in [5.74, 6) is 1.76. The smallest absolute Gasteiger partial charge is 0.134 e. The van der Waals surface area contributed by atoms with Crippen LogP contribution in [0.2, 0.25) is 0 Å². The van der Waals surface area contributed by atoms with Gasteiger partial charge in [-0.3, -0.25) is 0 Å². The van der Waals surface area contributed by atoms with Gasteiger partial charge in [0.2, 0.25) is 0 Å². The van der Waals surface area contributed by atoms with Crippen molar-refractivity contribution in [3.8, 4) is 56.0 Å². The minimum Gasteiger partial charge on any atom is -0.495 e. The van der Waals surface area contributed by atoms with Gasteiger partial charge in [-0.05, 0) is 67.4 Å². The van der Waals surface area contributed by atoms with E-state index in [1.54, 1.807) is 14.2 Å². The number of hydrogen-bond acceptors (Lipinski definition) is 2. The Kier molecular flexibility index (Phi) is 4.99. The van der Waals surface area contributed by atoms with Crippen LogP contribution in [0, 0.1) is 0 Å². The van der Waals surface area contributed by atoms with E-state index in [1.165, 1.54) is 55.3 Å². The second-order valence-electron chi connectivity index (χ2n) is 10.3. The summed E-state index contributed by atoms with van der Waals surface area (Å²) in [6.07, 6.45) is 0. The molecule has 0 amide bonds. The quantitative estimate of drug-likeness (QED) is 0.218. The van der Waals surface area contributed by atoms with E-state index in [2.05, 4.69) is 121 Å². The zero-order chi connectivity index (χ0) is 26.8. The summed E-state index contributed by atoms with van der Waals surface area (Å²) in [5.41, 5.74) is 10.1. The third-order valence-corrected chi connectivity index (χ3v) is 8.35. The fraction of sp³-hybridized carbons (Fsp3) is 0.0526. The molecule has 0 heterocycles. The summed E-state index contributed by atoms with van der Waals surface area (Å²) < 4.78 is 12.1. The monoisotopic (exact) mass is 514 g/mol. The Labute approximate surface area is 233 Å². The predicted octanol–water partition coefficient (Wildman–Crippen LogP) is 10.1. The first-order valence-electron chi connectivity index (χ1n) is 13.6. The van der Waals surface area contributed by atoms with Gasteiger partial charge in [-0.1, -0.05) is 109 Å². The van der Waals surface area contributed by atoms with E-state index in [4.69, 9.17) is 9.47 Å². The summed E-state index contributed by atoms with van der Waals surface area (Å²) in [6.45, 7) is 0. The molecule has 7 aromatic rings. The first-order valence-corrected chi connectivity index (χ1v) is 13.6. The molecule has 7 aromatic carbocycles. The first-order chi connectivity index (χ1) is 19.8. The Balaban J connectivity index is 1.56. The lowest BCUT2D eigenvalue weighted by Crippen LogP contribution is -2.06. The van der Waals surface area contributed by atoms with Crippen LogP contribution >= 0.6 is 0 Å². The third-order valence-electron chi connectivity index (χ3n) is 8.35. The highest BCUT2D eigenvalue weighted by Gasteiger charge is 2.33. The van der Waals surface area contributed by atoms with Gasteiger partial charge in [-0.2, -0.15) is 0 Å². The molecule has 1 aliphatic rings. The van der Waals surface area contributed by atoms with Crippen LogP contribution in [-0.2, 0) is 0 Å². The molecule has 0 bridgehead atoms. The molecule has 0 spiro atoms. The average molecular weight is 515 g/mol. The second-order valence-corrected chi connectivity index (χ2v) is 10.3. The molecular weight excluding hydrogens is 488 g/mol. The lowest BCUT2D eigenvalue weighted by atomic mass is 9.70. The van der Waals surface area contributed by atoms with Crippen molar-refractivity contribution in [2.75, 3.05) is 14.2 Å². The highest BCUT2D eigenvalue weighted by atomic mass is 16.5. The van der Waals surface area contributed by atoms with E-state index in [0.717, 1.165) is 33.0 Å². The molecule has 0 radical (unpaired) electrons. The van der Waals surface area contributed by atoms with E-state index in [0.29, 0.717) is 0 Å². The Hall–Kier alpha value is -5.08. The number of ether oxygens (including phenoxy) is 2. The van der Waals surface area contributed by atoms with Crippen LogP contribution in [0.1, 0.15) is 0 Å². The molecule has 190 valence electrons. The van der Waals surface area contributed by atoms with Gasteiger partial charge in [0.15, 0.2) is 0 Å². The molecule has 0 unspecified atom stereocenters. The standard InChI is InChI=1S/C38H26O2/c1-39-37-27-19-11-12-20-28(27)38(40-2)32-22-30-29(21-31(32)37)35-33(23-13-5-3-6-14-23)25-17-9-10-18-26(25)34(36(30)35)24-15-7-4-8-16-24/h3-22H,1-2H3. The number of benzene rings is 7. The number of hydrogen-bond donors (Lipinski definition) is 0. The molecule has 2 nitrogen and oxygen atoms in total. The highest BCUT2D eigenvalue weighted by Crippen LogP contribution is 2.61. The largest absolute Gasteiger partial charge is 0.495 e. The van der Waals surface area contributed by atoms with Gasteiger partial charge < -0.3 is 9.47 Å². The van der Waals surface area contributed by atoms with Crippen LogP contribution in [0.4, 0.5) is 0 Å². The van der Waals surface area contributed by atoms with E-state index >= 15 is 0 Å². The molecule has 8 rings (SSSR count). The molecule has 0 aliphatic heterocycles. The maximum atomic E-state index is 6.07. The SMILES string of the molecule is COc1c2ccccc2c(OC)c2cc3c(cc12)-c1c-3c(-c2ccccc2)c2ccccc2c1-c1ccccc1. The van der Waals surface area contributed by atoms with Gasteiger partial charge in [-0.15, -0.1) is 0 Å². The van der Waals surface area contributed by atoms with Gasteiger partial charge >= 0.3 is 0 Å². The van der Waals surface area contributed by atoms with Crippen LogP contribution in [0.3, 0.4) is 0 Å². The third kappa shape index (κ3) is 3.05. The maximum absolute atomic E-state index is 6.07. The number of fused-ring (bicyclic) bond motifs is 7. The van der Waals surface area contributed by atoms with Gasteiger partial charge in [0.1, 0.15) is 11.5 Å². The van der Waals surface area contributed by atoms with Gasteiger partial charge in [-0.25, -0.2) is 0 Å². The van der Waals surface area contributed by atoms with Crippen molar-refractivity contribution in [3.05, 3.63) is 121 Å². The van der Waals surface area contributed by atoms with Gasteiger partial charge in [0, 0.05) is 21.5 Å². The fourth-order valence-corrected chi connectivity index (χ4v) is 6.72. The Bertz CT molecular complexity index is 1960. The van der Waals surface area contributed by atoms with Crippen molar-refractivity contribution in [1.29, 1.82) is 0 Å². The first kappa shape index (κ1) is 22.9. The Morgan fingerprint density at radius 3 is 1.07 bits per heavy atom. The molecule has 0 saturated heterocycles. The number of methoxy groups -OCH3 is 2. The van der Waals surface area contributed by atoms with Crippen LogP contribution in [0.15, 0.2) is 121 Å². The van der Waals surface area contributed by atoms with E-state index in [9.17, 15) is 0 Å². The molecule has 0 atom stereocenters. The van der Waals surface area contributed by atoms with Gasteiger partial charge in [0.05, 0.1) is 14.2 Å². The van der Waals surface area contributed by atoms with Crippen molar-refractivity contribution in [2.45, 2.75) is 0 Å². The van der Waals surface area contributed by atoms with Crippen LogP contribution in [0.5, 0.6) is 11.5 Å². The molecule has 0 fully saturated rings. The topological polar surface area (TPSA) is 18.5 Å². The molecule has 0 saturated carbocycles. The maximum Gasteiger partial charge on any atom is 0.134 e. The summed E-state index contributed by atoms with van der Waals surface area (Å²) >= 11 is 0. The van der Waals surface area contributed by atoms with Crippen molar-refractivity contribution >= 4 is 32.3 Å². The van der Waals surface area contributed by atoms with E-state index in [1.807, 2.05) is 0 Å². The van der Waals surface area contributed by atoms with Crippen LogP contribution in [-0.4, -0.2) is 14.2 Å². The number of rotatable bonds is 4. The lowest BCUT2D eigenvalue weighted by Gasteiger charge is -2.33. The fourth-order valence-electron chi connectivity index (χ4n) is 6.72. The summed E-state index contributed by atoms with van der Waals surface area (Å²) in [7, 11) is 3.52. The normalized spacial score (nSPS) is 11.8. The van der Waals surface area contributed by atoms with E-state index in [-0.39, 0.29) is 0 Å². The van der Waals surface area contributed by atoms with E-state index < -0.39 is 0 Å². The summed E-state index contributed by atoms with van der Waals surface area (Å²) in [4.78, 5) is 0. The van der Waals surface area contributed by atoms with Crippen molar-refractivity contribution in [3.63, 3.8) is 0 Å². The van der Waals surface area contributed by atoms with Crippen molar-refractivity contribution < 1.29 is 9.47 Å². The van der Waals surface area contributed by atoms with Crippen molar-refractivity contribution in [2.24, 2.45) is 0 Å². The minimum atomic E-state index is 0.882. The molecular formula is C38H26O2. The second kappa shape index (κ2) is 8.72. The summed E-state index contributed by atoms with van der Waals surface area (Å²) in [5, 5.41) is 6.77. The van der Waals surface area contributed by atoms with Crippen LogP contribution < -0.4 is 9.47 Å². The lowest BCUT2D eigenvalue weighted by molar-refractivity contribution is 0.417. The van der Waals surface area contributed by atoms with Crippen molar-refractivity contribution in [1.82, 2.24) is 0 Å². The average Bonchev–Trinajstić information content (AvgIpc) is 3.02. The summed E-state index contributed by atoms with van der Waals surface area (Å²) in [6, 6.07) is 43.4. The molecule has 0 N–H and O–H groups in total. The zero-order valence-corrected chi connectivity index (χ0v) is 22.4. The predicted molar refractivity (Wildman–Crippen MR) is 167 cm³/mol. The Morgan fingerprint density at radius 2 is 0.700 bits per heavy atom. The Morgan fingerprint density at radius 1 is 0.350 bits per heavy atom. The molecule has 40 heavy (non-hydrogen) atoms.